The maximum atomic E-state index is 12.1. The normalized spacial score (nSPS) is 12.1. The molecule has 1 aromatic heterocycles. The van der Waals surface area contributed by atoms with Gasteiger partial charge in [0.1, 0.15) is 12.2 Å². The minimum atomic E-state index is -0.816. The number of benzene rings is 1. The second kappa shape index (κ2) is 7.55. The van der Waals surface area contributed by atoms with Crippen molar-refractivity contribution in [2.24, 2.45) is 5.10 Å². The van der Waals surface area contributed by atoms with E-state index in [4.69, 9.17) is 16.3 Å². The molecule has 0 radical (unpaired) electrons. The van der Waals surface area contributed by atoms with Gasteiger partial charge in [-0.2, -0.15) is 5.10 Å². The topological polar surface area (TPSA) is 112 Å². The summed E-state index contributed by atoms with van der Waals surface area (Å²) in [7, 11) is 1.26. The lowest BCUT2D eigenvalue weighted by molar-refractivity contribution is -0.385. The van der Waals surface area contributed by atoms with E-state index in [0.717, 1.165) is 10.9 Å². The fourth-order valence-corrected chi connectivity index (χ4v) is 2.00. The molecule has 1 unspecified atom stereocenters. The molecule has 1 atom stereocenters. The summed E-state index contributed by atoms with van der Waals surface area (Å²) in [4.78, 5) is 22.3. The zero-order valence-electron chi connectivity index (χ0n) is 12.8. The molecule has 0 aliphatic carbocycles. The number of hydrogen-bond acceptors (Lipinski definition) is 6. The highest BCUT2D eigenvalue weighted by molar-refractivity contribution is 6.30. The van der Waals surface area contributed by atoms with E-state index in [-0.39, 0.29) is 11.6 Å². The molecule has 1 heterocycles. The number of aromatic nitrogens is 2. The van der Waals surface area contributed by atoms with Gasteiger partial charge in [-0.05, 0) is 24.6 Å². The molecule has 1 aromatic carbocycles. The molecule has 1 amide bonds. The Balaban J connectivity index is 2.05. The van der Waals surface area contributed by atoms with Crippen molar-refractivity contribution in [3.05, 3.63) is 51.2 Å². The van der Waals surface area contributed by atoms with Gasteiger partial charge in [0.05, 0.1) is 18.2 Å². The van der Waals surface area contributed by atoms with E-state index in [2.05, 4.69) is 15.6 Å². The highest BCUT2D eigenvalue weighted by atomic mass is 35.5. The van der Waals surface area contributed by atoms with Crippen molar-refractivity contribution < 1.29 is 14.5 Å². The van der Waals surface area contributed by atoms with Gasteiger partial charge in [-0.25, -0.2) is 10.1 Å². The van der Waals surface area contributed by atoms with Crippen molar-refractivity contribution in [1.82, 2.24) is 15.2 Å². The third kappa shape index (κ3) is 4.07. The highest BCUT2D eigenvalue weighted by Gasteiger charge is 2.25. The number of ether oxygens (including phenoxy) is 1. The summed E-state index contributed by atoms with van der Waals surface area (Å²) in [5.41, 5.74) is 2.74. The minimum absolute atomic E-state index is 0.165. The van der Waals surface area contributed by atoms with Crippen molar-refractivity contribution in [2.45, 2.75) is 13.0 Å². The second-order valence-electron chi connectivity index (χ2n) is 4.73. The van der Waals surface area contributed by atoms with Gasteiger partial charge in [-0.15, -0.1) is 5.10 Å². The van der Waals surface area contributed by atoms with Gasteiger partial charge in [0.25, 0.3) is 5.91 Å². The average molecular weight is 352 g/mol. The number of nitro groups is 1. The Morgan fingerprint density at radius 3 is 2.92 bits per heavy atom. The summed E-state index contributed by atoms with van der Waals surface area (Å²) in [5, 5.41) is 19.1. The van der Waals surface area contributed by atoms with Crippen molar-refractivity contribution >= 4 is 29.4 Å². The highest BCUT2D eigenvalue weighted by Crippen LogP contribution is 2.25. The van der Waals surface area contributed by atoms with Crippen LogP contribution in [0.1, 0.15) is 18.5 Å². The Bertz CT molecular complexity index is 789. The number of amides is 1. The molecule has 9 nitrogen and oxygen atoms in total. The lowest BCUT2D eigenvalue weighted by Crippen LogP contribution is -2.27. The molecule has 24 heavy (non-hydrogen) atoms. The van der Waals surface area contributed by atoms with Gasteiger partial charge in [-0.3, -0.25) is 14.9 Å². The fraction of sp³-hybridized carbons (Fsp3) is 0.214. The number of carbonyl (C=O) groups excluding carboxylic acids is 1. The monoisotopic (exact) mass is 351 g/mol. The summed E-state index contributed by atoms with van der Waals surface area (Å²) in [6.07, 6.45) is 2.56. The third-order valence-corrected chi connectivity index (χ3v) is 3.32. The van der Waals surface area contributed by atoms with Gasteiger partial charge in [-0.1, -0.05) is 23.7 Å². The molecule has 0 bridgehead atoms. The third-order valence-electron chi connectivity index (χ3n) is 3.08. The predicted octanol–water partition coefficient (Wildman–Crippen LogP) is 2.16. The number of rotatable bonds is 6. The second-order valence-corrected chi connectivity index (χ2v) is 5.16. The van der Waals surface area contributed by atoms with Crippen LogP contribution in [0.4, 0.5) is 5.69 Å². The van der Waals surface area contributed by atoms with Crippen LogP contribution in [-0.2, 0) is 4.79 Å². The van der Waals surface area contributed by atoms with E-state index in [0.29, 0.717) is 10.6 Å². The summed E-state index contributed by atoms with van der Waals surface area (Å²) in [6, 6.07) is 6.11. The number of nitrogens with zero attached hydrogens (tertiary/aromatic N) is 4. The summed E-state index contributed by atoms with van der Waals surface area (Å²) >= 11 is 5.85. The first kappa shape index (κ1) is 17.4. The van der Waals surface area contributed by atoms with Crippen molar-refractivity contribution in [1.29, 1.82) is 0 Å². The maximum absolute atomic E-state index is 12.1. The first-order chi connectivity index (χ1) is 11.4. The van der Waals surface area contributed by atoms with Crippen LogP contribution in [0.2, 0.25) is 5.02 Å². The molecule has 0 aliphatic rings. The minimum Gasteiger partial charge on any atom is -0.475 e. The van der Waals surface area contributed by atoms with Crippen LogP contribution in [0, 0.1) is 10.1 Å². The molecular weight excluding hydrogens is 338 g/mol. The van der Waals surface area contributed by atoms with Crippen LogP contribution in [0.5, 0.6) is 5.88 Å². The number of hydrazone groups is 1. The van der Waals surface area contributed by atoms with Crippen LogP contribution < -0.4 is 10.2 Å². The largest absolute Gasteiger partial charge is 0.475 e. The fourth-order valence-electron chi connectivity index (χ4n) is 1.81. The Morgan fingerprint density at radius 2 is 2.33 bits per heavy atom. The van der Waals surface area contributed by atoms with Gasteiger partial charge >= 0.3 is 11.6 Å². The van der Waals surface area contributed by atoms with E-state index in [9.17, 15) is 14.9 Å². The zero-order valence-corrected chi connectivity index (χ0v) is 13.6. The number of hydrogen-bond donors (Lipinski definition) is 1. The molecule has 10 heteroatoms. The molecule has 0 saturated heterocycles. The molecule has 0 fully saturated rings. The molecular formula is C14H14ClN5O4. The molecule has 0 aliphatic heterocycles. The Labute approximate surface area is 142 Å². The molecule has 1 N–H and O–H groups in total. The number of halogens is 1. The van der Waals surface area contributed by atoms with E-state index in [1.54, 1.807) is 24.3 Å². The Hall–Kier alpha value is -2.94. The first-order valence-electron chi connectivity index (χ1n) is 6.78. The Morgan fingerprint density at radius 1 is 1.58 bits per heavy atom. The van der Waals surface area contributed by atoms with E-state index in [1.165, 1.54) is 20.2 Å². The van der Waals surface area contributed by atoms with Crippen LogP contribution in [-0.4, -0.2) is 33.9 Å². The van der Waals surface area contributed by atoms with Gasteiger partial charge < -0.3 is 4.74 Å². The number of nitrogens with one attached hydrogen (secondary N) is 1. The van der Waals surface area contributed by atoms with Crippen LogP contribution in [0.3, 0.4) is 0 Å². The zero-order chi connectivity index (χ0) is 17.7. The van der Waals surface area contributed by atoms with Crippen LogP contribution >= 0.6 is 11.6 Å². The Kier molecular flexibility index (Phi) is 5.48. The standard InChI is InChI=1S/C14H14ClN5O4/c1-9(19-8-12(20(22)23)14(18-19)24-2)13(21)17-16-7-10-4-3-5-11(15)6-10/h3-9H,1-2H3,(H,17,21). The molecule has 126 valence electrons. The van der Waals surface area contributed by atoms with Crippen molar-refractivity contribution in [3.63, 3.8) is 0 Å². The van der Waals surface area contributed by atoms with Crippen molar-refractivity contribution in [2.75, 3.05) is 7.11 Å². The number of carbonyl (C=O) groups is 1. The average Bonchev–Trinajstić information content (AvgIpc) is 2.98. The van der Waals surface area contributed by atoms with E-state index >= 15 is 0 Å². The van der Waals surface area contributed by atoms with Gasteiger partial charge in [0.15, 0.2) is 0 Å². The quantitative estimate of drug-likeness (QED) is 0.487. The molecule has 2 aromatic rings. The van der Waals surface area contributed by atoms with E-state index < -0.39 is 16.9 Å². The molecule has 0 saturated carbocycles. The van der Waals surface area contributed by atoms with Crippen molar-refractivity contribution in [3.8, 4) is 5.88 Å². The number of methoxy groups -OCH3 is 1. The van der Waals surface area contributed by atoms with Gasteiger partial charge in [0.2, 0.25) is 0 Å². The predicted molar refractivity (Wildman–Crippen MR) is 87.3 cm³/mol. The van der Waals surface area contributed by atoms with E-state index in [1.807, 2.05) is 0 Å². The maximum Gasteiger partial charge on any atom is 0.350 e. The lowest BCUT2D eigenvalue weighted by Gasteiger charge is -2.09. The molecule has 0 spiro atoms. The van der Waals surface area contributed by atoms with Crippen LogP contribution in [0.25, 0.3) is 0 Å². The van der Waals surface area contributed by atoms with Gasteiger partial charge in [0, 0.05) is 5.02 Å². The van der Waals surface area contributed by atoms with Crippen LogP contribution in [0.15, 0.2) is 35.6 Å². The molecule has 2 rings (SSSR count). The SMILES string of the molecule is COc1nn(C(C)C(=O)NN=Cc2cccc(Cl)c2)cc1[N+](=O)[O-]. The lowest BCUT2D eigenvalue weighted by atomic mass is 10.2. The smallest absolute Gasteiger partial charge is 0.350 e. The summed E-state index contributed by atoms with van der Waals surface area (Å²) in [5.74, 6) is -0.657. The first-order valence-corrected chi connectivity index (χ1v) is 7.16. The summed E-state index contributed by atoms with van der Waals surface area (Å²) < 4.78 is 5.96. The summed E-state index contributed by atoms with van der Waals surface area (Å²) in [6.45, 7) is 1.53.